The minimum absolute atomic E-state index is 0.0618. The lowest BCUT2D eigenvalue weighted by atomic mass is 10.0. The topological polar surface area (TPSA) is 47.3 Å². The molecule has 1 fully saturated rings. The van der Waals surface area contributed by atoms with Crippen molar-refractivity contribution in [3.05, 3.63) is 28.2 Å². The first-order valence-corrected chi connectivity index (χ1v) is 6.30. The standard InChI is InChI=1S/C12H10BrF3N2O/c13-9-1-2-10(8(5-9)6-17)18-4-3-11(19,7-18)12(14,15)16/h1-2,5,19H,3-4,7H2. The largest absolute Gasteiger partial charge is 0.418 e. The zero-order valence-corrected chi connectivity index (χ0v) is 11.3. The summed E-state index contributed by atoms with van der Waals surface area (Å²) in [6.45, 7) is -0.487. The summed E-state index contributed by atoms with van der Waals surface area (Å²) in [6.07, 6.45) is -5.05. The van der Waals surface area contributed by atoms with Crippen LogP contribution in [0.5, 0.6) is 0 Å². The molecular weight excluding hydrogens is 325 g/mol. The summed E-state index contributed by atoms with van der Waals surface area (Å²) < 4.78 is 38.9. The van der Waals surface area contributed by atoms with E-state index in [1.54, 1.807) is 18.2 Å². The van der Waals surface area contributed by atoms with E-state index in [4.69, 9.17) is 5.26 Å². The Kier molecular flexibility index (Phi) is 3.49. The van der Waals surface area contributed by atoms with Crippen LogP contribution in [0.25, 0.3) is 0 Å². The van der Waals surface area contributed by atoms with Crippen LogP contribution < -0.4 is 4.90 Å². The fourth-order valence-corrected chi connectivity index (χ4v) is 2.47. The summed E-state index contributed by atoms with van der Waals surface area (Å²) in [7, 11) is 0. The Morgan fingerprint density at radius 2 is 2.11 bits per heavy atom. The molecule has 0 aromatic heterocycles. The Balaban J connectivity index is 2.30. The molecule has 102 valence electrons. The SMILES string of the molecule is N#Cc1cc(Br)ccc1N1CCC(O)(C(F)(F)F)C1. The van der Waals surface area contributed by atoms with Crippen molar-refractivity contribution in [1.29, 1.82) is 5.26 Å². The highest BCUT2D eigenvalue weighted by Crippen LogP contribution is 2.40. The molecule has 0 bridgehead atoms. The summed E-state index contributed by atoms with van der Waals surface area (Å²) in [6, 6.07) is 6.71. The molecular formula is C12H10BrF3N2O. The van der Waals surface area contributed by atoms with Gasteiger partial charge in [0.05, 0.1) is 17.8 Å². The number of hydrogen-bond donors (Lipinski definition) is 1. The fourth-order valence-electron chi connectivity index (χ4n) is 2.10. The molecule has 19 heavy (non-hydrogen) atoms. The maximum atomic E-state index is 12.7. The molecule has 3 nitrogen and oxygen atoms in total. The molecule has 1 saturated heterocycles. The van der Waals surface area contributed by atoms with Gasteiger partial charge in [-0.1, -0.05) is 15.9 Å². The van der Waals surface area contributed by atoms with Gasteiger partial charge in [-0.25, -0.2) is 0 Å². The molecule has 7 heteroatoms. The normalized spacial score (nSPS) is 23.5. The Morgan fingerprint density at radius 3 is 2.63 bits per heavy atom. The van der Waals surface area contributed by atoms with Crippen LogP contribution in [0.15, 0.2) is 22.7 Å². The van der Waals surface area contributed by atoms with Gasteiger partial charge in [-0.3, -0.25) is 0 Å². The lowest BCUT2D eigenvalue weighted by molar-refractivity contribution is -0.250. The van der Waals surface area contributed by atoms with Crippen LogP contribution in [0, 0.1) is 11.3 Å². The Bertz CT molecular complexity index is 541. The zero-order valence-electron chi connectivity index (χ0n) is 9.71. The van der Waals surface area contributed by atoms with E-state index < -0.39 is 24.7 Å². The fraction of sp³-hybridized carbons (Fsp3) is 0.417. The summed E-state index contributed by atoms with van der Waals surface area (Å²) in [5.41, 5.74) is -2.01. The third kappa shape index (κ3) is 2.55. The van der Waals surface area contributed by atoms with Crippen LogP contribution >= 0.6 is 15.9 Å². The molecule has 1 heterocycles. The molecule has 1 aliphatic rings. The van der Waals surface area contributed by atoms with Gasteiger partial charge in [0.15, 0.2) is 5.60 Å². The molecule has 0 spiro atoms. The predicted octanol–water partition coefficient (Wildman–Crippen LogP) is 2.82. The van der Waals surface area contributed by atoms with Gasteiger partial charge in [-0.2, -0.15) is 18.4 Å². The highest BCUT2D eigenvalue weighted by molar-refractivity contribution is 9.10. The Morgan fingerprint density at radius 1 is 1.42 bits per heavy atom. The summed E-state index contributed by atoms with van der Waals surface area (Å²) in [5.74, 6) is 0. The van der Waals surface area contributed by atoms with E-state index in [-0.39, 0.29) is 12.1 Å². The highest BCUT2D eigenvalue weighted by Gasteiger charge is 2.57. The molecule has 0 amide bonds. The van der Waals surface area contributed by atoms with Gasteiger partial charge in [0.1, 0.15) is 6.07 Å². The highest BCUT2D eigenvalue weighted by atomic mass is 79.9. The van der Waals surface area contributed by atoms with E-state index in [0.29, 0.717) is 10.2 Å². The van der Waals surface area contributed by atoms with Crippen molar-refractivity contribution in [2.75, 3.05) is 18.0 Å². The monoisotopic (exact) mass is 334 g/mol. The van der Waals surface area contributed by atoms with Crippen molar-refractivity contribution < 1.29 is 18.3 Å². The first-order valence-electron chi connectivity index (χ1n) is 5.50. The smallest absolute Gasteiger partial charge is 0.379 e. The van der Waals surface area contributed by atoms with Gasteiger partial charge in [0, 0.05) is 17.4 Å². The van der Waals surface area contributed by atoms with Crippen LogP contribution in [0.3, 0.4) is 0 Å². The van der Waals surface area contributed by atoms with Gasteiger partial charge in [-0.05, 0) is 18.2 Å². The van der Waals surface area contributed by atoms with Crippen molar-refractivity contribution >= 4 is 21.6 Å². The lowest BCUT2D eigenvalue weighted by Gasteiger charge is -2.27. The van der Waals surface area contributed by atoms with Crippen molar-refractivity contribution in [2.24, 2.45) is 0 Å². The number of benzene rings is 1. The average molecular weight is 335 g/mol. The second-order valence-corrected chi connectivity index (χ2v) is 5.39. The van der Waals surface area contributed by atoms with E-state index in [9.17, 15) is 18.3 Å². The molecule has 1 aromatic carbocycles. The van der Waals surface area contributed by atoms with E-state index in [1.807, 2.05) is 6.07 Å². The van der Waals surface area contributed by atoms with Crippen molar-refractivity contribution in [3.8, 4) is 6.07 Å². The van der Waals surface area contributed by atoms with Gasteiger partial charge in [-0.15, -0.1) is 0 Å². The Hall–Kier alpha value is -1.26. The van der Waals surface area contributed by atoms with Crippen LogP contribution in [0.4, 0.5) is 18.9 Å². The summed E-state index contributed by atoms with van der Waals surface area (Å²) in [5, 5.41) is 18.6. The van der Waals surface area contributed by atoms with Crippen LogP contribution in [-0.4, -0.2) is 30.0 Å². The second-order valence-electron chi connectivity index (χ2n) is 4.47. The van der Waals surface area contributed by atoms with Crippen LogP contribution in [-0.2, 0) is 0 Å². The van der Waals surface area contributed by atoms with E-state index in [0.717, 1.165) is 0 Å². The minimum atomic E-state index is -4.66. The number of halogens is 4. The van der Waals surface area contributed by atoms with Gasteiger partial charge < -0.3 is 10.0 Å². The Labute approximate surface area is 116 Å². The number of nitriles is 1. The number of anilines is 1. The first kappa shape index (κ1) is 14.2. The molecule has 1 unspecified atom stereocenters. The van der Waals surface area contributed by atoms with E-state index >= 15 is 0 Å². The first-order chi connectivity index (χ1) is 8.77. The molecule has 0 radical (unpaired) electrons. The number of rotatable bonds is 1. The van der Waals surface area contributed by atoms with Crippen LogP contribution in [0.1, 0.15) is 12.0 Å². The maximum Gasteiger partial charge on any atom is 0.418 e. The molecule has 1 atom stereocenters. The summed E-state index contributed by atoms with van der Waals surface area (Å²) >= 11 is 3.20. The third-order valence-electron chi connectivity index (χ3n) is 3.20. The molecule has 1 N–H and O–H groups in total. The molecule has 1 aliphatic heterocycles. The number of β-amino-alcohol motifs (C(OH)–C–C–N with tert-alkyl or cyclic N) is 1. The number of hydrogen-bond acceptors (Lipinski definition) is 3. The van der Waals surface area contributed by atoms with Crippen molar-refractivity contribution in [1.82, 2.24) is 0 Å². The van der Waals surface area contributed by atoms with Crippen molar-refractivity contribution in [2.45, 2.75) is 18.2 Å². The molecule has 2 rings (SSSR count). The van der Waals surface area contributed by atoms with Crippen molar-refractivity contribution in [3.63, 3.8) is 0 Å². The maximum absolute atomic E-state index is 12.7. The van der Waals surface area contributed by atoms with E-state index in [2.05, 4.69) is 15.9 Å². The van der Waals surface area contributed by atoms with Crippen LogP contribution in [0.2, 0.25) is 0 Å². The summed E-state index contributed by atoms with van der Waals surface area (Å²) in [4.78, 5) is 1.39. The quantitative estimate of drug-likeness (QED) is 0.859. The minimum Gasteiger partial charge on any atom is -0.379 e. The second kappa shape index (κ2) is 4.69. The number of nitrogens with zero attached hydrogens (tertiary/aromatic N) is 2. The van der Waals surface area contributed by atoms with Gasteiger partial charge in [0.2, 0.25) is 0 Å². The van der Waals surface area contributed by atoms with E-state index in [1.165, 1.54) is 4.90 Å². The number of aliphatic hydroxyl groups is 1. The predicted molar refractivity (Wildman–Crippen MR) is 66.7 cm³/mol. The molecule has 1 aromatic rings. The number of alkyl halides is 3. The third-order valence-corrected chi connectivity index (χ3v) is 3.69. The lowest BCUT2D eigenvalue weighted by Crippen LogP contribution is -2.47. The zero-order chi connectivity index (χ0) is 14.3. The molecule has 0 saturated carbocycles. The molecule has 0 aliphatic carbocycles. The van der Waals surface area contributed by atoms with Gasteiger partial charge in [0.25, 0.3) is 0 Å². The van der Waals surface area contributed by atoms with Gasteiger partial charge >= 0.3 is 6.18 Å². The average Bonchev–Trinajstić information content (AvgIpc) is 2.72.